The van der Waals surface area contributed by atoms with E-state index >= 15 is 0 Å². The van der Waals surface area contributed by atoms with Crippen LogP contribution in [-0.4, -0.2) is 43.4 Å². The molecule has 4 amide bonds. The van der Waals surface area contributed by atoms with Crippen LogP contribution in [-0.2, 0) is 16.1 Å². The van der Waals surface area contributed by atoms with E-state index < -0.39 is 18.0 Å². The van der Waals surface area contributed by atoms with Crippen molar-refractivity contribution in [3.8, 4) is 0 Å². The van der Waals surface area contributed by atoms with Gasteiger partial charge in [0.25, 0.3) is 5.91 Å². The first-order valence-corrected chi connectivity index (χ1v) is 10.2. The number of nitrogens with one attached hydrogen (secondary N) is 2. The fourth-order valence-electron chi connectivity index (χ4n) is 3.66. The van der Waals surface area contributed by atoms with Gasteiger partial charge >= 0.3 is 6.03 Å². The second kappa shape index (κ2) is 8.58. The fraction of sp³-hybridized carbons (Fsp3) is 0.381. The number of fused-ring (bicyclic) bond motifs is 1. The van der Waals surface area contributed by atoms with Crippen LogP contribution in [0.15, 0.2) is 47.2 Å². The molecule has 162 valence electrons. The van der Waals surface area contributed by atoms with Crippen molar-refractivity contribution in [2.24, 2.45) is 5.92 Å². The van der Waals surface area contributed by atoms with Crippen molar-refractivity contribution in [2.75, 3.05) is 0 Å². The molecule has 1 fully saturated rings. The van der Waals surface area contributed by atoms with E-state index in [1.165, 1.54) is 6.26 Å². The number of carbonyl (C=O) groups is 3. The van der Waals surface area contributed by atoms with Crippen molar-refractivity contribution >= 4 is 23.5 Å². The van der Waals surface area contributed by atoms with Gasteiger partial charge in [-0.3, -0.25) is 18.9 Å². The van der Waals surface area contributed by atoms with Gasteiger partial charge in [-0.05, 0) is 36.6 Å². The molecule has 2 atom stereocenters. The Morgan fingerprint density at radius 2 is 2.06 bits per heavy atom. The lowest BCUT2D eigenvalue weighted by atomic mass is 10.0. The molecule has 1 aliphatic heterocycles. The molecular weight excluding hydrogens is 400 g/mol. The number of carbonyl (C=O) groups excluding carboxylic acids is 3. The number of furan rings is 1. The van der Waals surface area contributed by atoms with Crippen molar-refractivity contribution in [3.63, 3.8) is 0 Å². The first-order valence-electron chi connectivity index (χ1n) is 10.2. The molecule has 3 aromatic heterocycles. The summed E-state index contributed by atoms with van der Waals surface area (Å²) in [7, 11) is 0. The summed E-state index contributed by atoms with van der Waals surface area (Å²) < 4.78 is 7.04. The zero-order valence-electron chi connectivity index (χ0n) is 17.3. The normalized spacial score (nSPS) is 17.4. The van der Waals surface area contributed by atoms with Gasteiger partial charge in [-0.25, -0.2) is 4.79 Å². The number of aromatic nitrogens is 3. The van der Waals surface area contributed by atoms with Gasteiger partial charge in [0.15, 0.2) is 11.5 Å². The lowest BCUT2D eigenvalue weighted by Gasteiger charge is -2.20. The number of hydrogen-bond donors (Lipinski definition) is 2. The quantitative estimate of drug-likeness (QED) is 0.534. The molecule has 3 aromatic rings. The summed E-state index contributed by atoms with van der Waals surface area (Å²) in [4.78, 5) is 38.7. The smallest absolute Gasteiger partial charge is 0.325 e. The van der Waals surface area contributed by atoms with Crippen molar-refractivity contribution < 1.29 is 18.8 Å². The average Bonchev–Trinajstić information content (AvgIpc) is 3.44. The summed E-state index contributed by atoms with van der Waals surface area (Å²) in [6.45, 7) is 4.13. The number of amides is 4. The number of imide groups is 1. The Hall–Kier alpha value is -3.69. The summed E-state index contributed by atoms with van der Waals surface area (Å²) >= 11 is 0. The van der Waals surface area contributed by atoms with E-state index in [1.807, 2.05) is 28.8 Å². The molecule has 2 N–H and O–H groups in total. The van der Waals surface area contributed by atoms with E-state index in [-0.39, 0.29) is 30.8 Å². The van der Waals surface area contributed by atoms with Crippen LogP contribution in [0, 0.1) is 5.92 Å². The Morgan fingerprint density at radius 3 is 2.81 bits per heavy atom. The van der Waals surface area contributed by atoms with Gasteiger partial charge in [0.2, 0.25) is 5.91 Å². The molecule has 0 unspecified atom stereocenters. The molecular formula is C21H24N6O4. The van der Waals surface area contributed by atoms with Gasteiger partial charge in [0, 0.05) is 6.20 Å². The first kappa shape index (κ1) is 20.6. The van der Waals surface area contributed by atoms with Crippen LogP contribution in [0.1, 0.15) is 44.3 Å². The van der Waals surface area contributed by atoms with Crippen LogP contribution in [0.5, 0.6) is 0 Å². The molecule has 1 aliphatic rings. The fourth-order valence-corrected chi connectivity index (χ4v) is 3.66. The minimum absolute atomic E-state index is 0.0253. The van der Waals surface area contributed by atoms with Crippen LogP contribution in [0.4, 0.5) is 4.79 Å². The summed E-state index contributed by atoms with van der Waals surface area (Å²) in [6, 6.07) is 7.10. The molecule has 1 saturated heterocycles. The predicted molar refractivity (Wildman–Crippen MR) is 110 cm³/mol. The third-order valence-corrected chi connectivity index (χ3v) is 5.08. The zero-order valence-corrected chi connectivity index (χ0v) is 17.3. The third kappa shape index (κ3) is 4.42. The largest absolute Gasteiger partial charge is 0.467 e. The van der Waals surface area contributed by atoms with Gasteiger partial charge in [-0.1, -0.05) is 19.9 Å². The van der Waals surface area contributed by atoms with Gasteiger partial charge in [0.1, 0.15) is 11.8 Å². The molecule has 31 heavy (non-hydrogen) atoms. The van der Waals surface area contributed by atoms with Gasteiger partial charge < -0.3 is 15.1 Å². The maximum absolute atomic E-state index is 12.8. The predicted octanol–water partition coefficient (Wildman–Crippen LogP) is 2.04. The molecule has 0 radical (unpaired) electrons. The standard InChI is InChI=1S/C21H24N6O4/c1-13(2)10-15(19-25-24-17-7-3-4-8-26(17)19)22-18(28)11-16-20(29)27(21(30)23-16)12-14-6-5-9-31-14/h3-9,13,15-16H,10-12H2,1-2H3,(H,22,28)(H,23,30)/t15-,16-/m1/s1. The zero-order chi connectivity index (χ0) is 22.0. The molecule has 0 aliphatic carbocycles. The Balaban J connectivity index is 1.44. The maximum atomic E-state index is 12.8. The van der Waals surface area contributed by atoms with Crippen molar-refractivity contribution in [2.45, 2.75) is 45.3 Å². The van der Waals surface area contributed by atoms with Crippen LogP contribution in [0.2, 0.25) is 0 Å². The molecule has 10 nitrogen and oxygen atoms in total. The van der Waals surface area contributed by atoms with E-state index in [0.29, 0.717) is 23.7 Å². The van der Waals surface area contributed by atoms with E-state index in [2.05, 4.69) is 34.7 Å². The third-order valence-electron chi connectivity index (χ3n) is 5.08. The Morgan fingerprint density at radius 1 is 1.23 bits per heavy atom. The first-order chi connectivity index (χ1) is 14.9. The molecule has 4 rings (SSSR count). The molecule has 10 heteroatoms. The van der Waals surface area contributed by atoms with Gasteiger partial charge in [0.05, 0.1) is 25.3 Å². The highest BCUT2D eigenvalue weighted by Crippen LogP contribution is 2.21. The Labute approximate surface area is 178 Å². The highest BCUT2D eigenvalue weighted by molar-refractivity contribution is 6.05. The van der Waals surface area contributed by atoms with Gasteiger partial charge in [-0.15, -0.1) is 10.2 Å². The maximum Gasteiger partial charge on any atom is 0.325 e. The second-order valence-electron chi connectivity index (χ2n) is 7.95. The van der Waals surface area contributed by atoms with Crippen molar-refractivity contribution in [1.82, 2.24) is 30.1 Å². The Bertz CT molecular complexity index is 1090. The minimum Gasteiger partial charge on any atom is -0.467 e. The summed E-state index contributed by atoms with van der Waals surface area (Å²) in [5.74, 6) is 0.600. The average molecular weight is 424 g/mol. The van der Waals surface area contributed by atoms with E-state index in [1.54, 1.807) is 12.1 Å². The van der Waals surface area contributed by atoms with E-state index in [9.17, 15) is 14.4 Å². The van der Waals surface area contributed by atoms with E-state index in [0.717, 1.165) is 4.90 Å². The van der Waals surface area contributed by atoms with E-state index in [4.69, 9.17) is 4.42 Å². The number of rotatable bonds is 8. The van der Waals surface area contributed by atoms with Crippen molar-refractivity contribution in [3.05, 3.63) is 54.4 Å². The minimum atomic E-state index is -0.919. The Kier molecular flexibility index (Phi) is 5.70. The monoisotopic (exact) mass is 424 g/mol. The number of hydrogen-bond acceptors (Lipinski definition) is 6. The van der Waals surface area contributed by atoms with Crippen molar-refractivity contribution in [1.29, 1.82) is 0 Å². The van der Waals surface area contributed by atoms with Gasteiger partial charge in [-0.2, -0.15) is 0 Å². The topological polar surface area (TPSA) is 122 Å². The summed E-state index contributed by atoms with van der Waals surface area (Å²) in [5, 5.41) is 14.0. The lowest BCUT2D eigenvalue weighted by Crippen LogP contribution is -2.38. The second-order valence-corrected chi connectivity index (χ2v) is 7.95. The lowest BCUT2D eigenvalue weighted by molar-refractivity contribution is -0.131. The van der Waals surface area contributed by atoms with Crippen LogP contribution in [0.3, 0.4) is 0 Å². The van der Waals surface area contributed by atoms with Crippen LogP contribution in [0.25, 0.3) is 5.65 Å². The number of pyridine rings is 1. The summed E-state index contributed by atoms with van der Waals surface area (Å²) in [5.41, 5.74) is 0.687. The van der Waals surface area contributed by atoms with Crippen LogP contribution >= 0.6 is 0 Å². The molecule has 0 spiro atoms. The number of nitrogens with zero attached hydrogens (tertiary/aromatic N) is 4. The molecule has 0 aromatic carbocycles. The highest BCUT2D eigenvalue weighted by atomic mass is 16.3. The summed E-state index contributed by atoms with van der Waals surface area (Å²) in [6.07, 6.45) is 3.81. The highest BCUT2D eigenvalue weighted by Gasteiger charge is 2.39. The molecule has 0 saturated carbocycles. The SMILES string of the molecule is CC(C)C[C@@H](NC(=O)C[C@H]1NC(=O)N(Cc2ccco2)C1=O)c1nnc2ccccn12. The van der Waals surface area contributed by atoms with Crippen LogP contribution < -0.4 is 10.6 Å². The number of urea groups is 1. The molecule has 0 bridgehead atoms. The molecule has 4 heterocycles.